The molecule has 126 valence electrons. The number of carbonyl (C=O) groups is 1. The summed E-state index contributed by atoms with van der Waals surface area (Å²) < 4.78 is 5.14. The number of amides is 1. The highest BCUT2D eigenvalue weighted by atomic mass is 16.5. The Labute approximate surface area is 145 Å². The molecule has 2 heterocycles. The molecule has 0 saturated heterocycles. The van der Waals surface area contributed by atoms with Crippen LogP contribution in [0.5, 0.6) is 5.75 Å². The molecule has 0 unspecified atom stereocenters. The van der Waals surface area contributed by atoms with Crippen molar-refractivity contribution in [2.75, 3.05) is 17.7 Å². The zero-order chi connectivity index (χ0) is 17.5. The summed E-state index contributed by atoms with van der Waals surface area (Å²) in [7, 11) is 1.57. The highest BCUT2D eigenvalue weighted by molar-refractivity contribution is 6.03. The van der Waals surface area contributed by atoms with Gasteiger partial charge in [-0.25, -0.2) is 9.97 Å². The van der Waals surface area contributed by atoms with Crippen molar-refractivity contribution in [1.82, 2.24) is 15.0 Å². The van der Waals surface area contributed by atoms with E-state index in [-0.39, 0.29) is 11.6 Å². The molecule has 2 aromatic heterocycles. The minimum atomic E-state index is -0.319. The van der Waals surface area contributed by atoms with Crippen molar-refractivity contribution in [2.24, 2.45) is 0 Å². The van der Waals surface area contributed by atoms with Crippen LogP contribution in [0.15, 0.2) is 61.1 Å². The second kappa shape index (κ2) is 7.87. The molecule has 3 aromatic rings. The predicted molar refractivity (Wildman–Crippen MR) is 94.5 cm³/mol. The number of anilines is 2. The van der Waals surface area contributed by atoms with Crippen LogP contribution in [0.4, 0.5) is 11.6 Å². The van der Waals surface area contributed by atoms with Gasteiger partial charge in [0.15, 0.2) is 0 Å². The van der Waals surface area contributed by atoms with Crippen LogP contribution in [-0.2, 0) is 6.54 Å². The van der Waals surface area contributed by atoms with Crippen LogP contribution in [-0.4, -0.2) is 28.0 Å². The van der Waals surface area contributed by atoms with Crippen molar-refractivity contribution < 1.29 is 9.53 Å². The fraction of sp³-hybridized carbons (Fsp3) is 0.111. The molecule has 0 fully saturated rings. The molecule has 1 amide bonds. The Bertz CT molecular complexity index is 855. The van der Waals surface area contributed by atoms with E-state index in [9.17, 15) is 4.79 Å². The first-order valence-electron chi connectivity index (χ1n) is 7.66. The van der Waals surface area contributed by atoms with Gasteiger partial charge in [-0.1, -0.05) is 12.1 Å². The Morgan fingerprint density at radius 3 is 2.88 bits per heavy atom. The number of methoxy groups -OCH3 is 1. The lowest BCUT2D eigenvalue weighted by molar-refractivity contribution is 0.102. The van der Waals surface area contributed by atoms with Gasteiger partial charge in [-0.05, 0) is 29.8 Å². The standard InChI is InChI=1S/C18H17N5O2/c1-25-15-6-2-5-14(10-15)22-17(24)16-7-9-20-18(23-16)21-12-13-4-3-8-19-11-13/h2-11H,12H2,1H3,(H,22,24)(H,20,21,23). The van der Waals surface area contributed by atoms with Crippen LogP contribution in [0.25, 0.3) is 0 Å². The highest BCUT2D eigenvalue weighted by Gasteiger charge is 2.09. The quantitative estimate of drug-likeness (QED) is 0.720. The van der Waals surface area contributed by atoms with E-state index >= 15 is 0 Å². The Morgan fingerprint density at radius 2 is 2.08 bits per heavy atom. The number of ether oxygens (including phenoxy) is 1. The van der Waals surface area contributed by atoms with Crippen molar-refractivity contribution >= 4 is 17.5 Å². The van der Waals surface area contributed by atoms with E-state index in [1.807, 2.05) is 12.1 Å². The molecule has 3 rings (SSSR count). The minimum Gasteiger partial charge on any atom is -0.497 e. The largest absolute Gasteiger partial charge is 0.497 e. The Hall–Kier alpha value is -3.48. The van der Waals surface area contributed by atoms with Crippen molar-refractivity contribution in [3.05, 3.63) is 72.3 Å². The third-order valence-electron chi connectivity index (χ3n) is 3.39. The minimum absolute atomic E-state index is 0.270. The zero-order valence-electron chi connectivity index (χ0n) is 13.6. The number of hydrogen-bond acceptors (Lipinski definition) is 6. The first-order valence-corrected chi connectivity index (χ1v) is 7.66. The van der Waals surface area contributed by atoms with Crippen molar-refractivity contribution in [3.63, 3.8) is 0 Å². The van der Waals surface area contributed by atoms with Crippen LogP contribution in [0, 0.1) is 0 Å². The molecule has 2 N–H and O–H groups in total. The maximum Gasteiger partial charge on any atom is 0.274 e. The van der Waals surface area contributed by atoms with Gasteiger partial charge in [-0.3, -0.25) is 9.78 Å². The average Bonchev–Trinajstić information content (AvgIpc) is 2.67. The number of aromatic nitrogens is 3. The molecule has 0 aliphatic carbocycles. The van der Waals surface area contributed by atoms with Crippen molar-refractivity contribution in [2.45, 2.75) is 6.54 Å². The molecule has 7 heteroatoms. The second-order valence-corrected chi connectivity index (χ2v) is 5.17. The predicted octanol–water partition coefficient (Wildman–Crippen LogP) is 2.74. The molecule has 0 saturated carbocycles. The number of pyridine rings is 1. The normalized spacial score (nSPS) is 10.1. The molecule has 7 nitrogen and oxygen atoms in total. The molecule has 0 radical (unpaired) electrons. The van der Waals surface area contributed by atoms with E-state index in [1.54, 1.807) is 56.0 Å². The van der Waals surface area contributed by atoms with Gasteiger partial charge in [0.1, 0.15) is 11.4 Å². The Kier molecular flexibility index (Phi) is 5.16. The topological polar surface area (TPSA) is 89.0 Å². The molecule has 0 bridgehead atoms. The molecule has 0 aliphatic heterocycles. The van der Waals surface area contributed by atoms with Gasteiger partial charge in [0, 0.05) is 36.9 Å². The van der Waals surface area contributed by atoms with Crippen LogP contribution in [0.3, 0.4) is 0 Å². The van der Waals surface area contributed by atoms with E-state index < -0.39 is 0 Å². The third kappa shape index (κ3) is 4.51. The molecule has 0 atom stereocenters. The summed E-state index contributed by atoms with van der Waals surface area (Å²) in [5.74, 6) is 0.724. The molecular weight excluding hydrogens is 318 g/mol. The zero-order valence-corrected chi connectivity index (χ0v) is 13.6. The number of benzene rings is 1. The average molecular weight is 335 g/mol. The van der Waals surface area contributed by atoms with E-state index in [0.717, 1.165) is 5.56 Å². The van der Waals surface area contributed by atoms with Gasteiger partial charge in [-0.15, -0.1) is 0 Å². The van der Waals surface area contributed by atoms with Crippen LogP contribution >= 0.6 is 0 Å². The summed E-state index contributed by atoms with van der Waals surface area (Å²) >= 11 is 0. The Balaban J connectivity index is 1.66. The Morgan fingerprint density at radius 1 is 1.16 bits per heavy atom. The summed E-state index contributed by atoms with van der Waals surface area (Å²) in [5, 5.41) is 5.86. The first kappa shape index (κ1) is 16.4. The number of nitrogens with zero attached hydrogens (tertiary/aromatic N) is 3. The summed E-state index contributed by atoms with van der Waals surface area (Å²) in [6.45, 7) is 0.523. The number of rotatable bonds is 6. The van der Waals surface area contributed by atoms with Gasteiger partial charge in [0.25, 0.3) is 5.91 Å². The van der Waals surface area contributed by atoms with E-state index in [0.29, 0.717) is 23.9 Å². The summed E-state index contributed by atoms with van der Waals surface area (Å²) in [4.78, 5) is 24.8. The van der Waals surface area contributed by atoms with Gasteiger partial charge < -0.3 is 15.4 Å². The van der Waals surface area contributed by atoms with Gasteiger partial charge in [-0.2, -0.15) is 0 Å². The monoisotopic (exact) mass is 335 g/mol. The van der Waals surface area contributed by atoms with Crippen LogP contribution in [0.1, 0.15) is 16.1 Å². The van der Waals surface area contributed by atoms with Gasteiger partial charge >= 0.3 is 0 Å². The summed E-state index contributed by atoms with van der Waals surface area (Å²) in [6.07, 6.45) is 5.01. The fourth-order valence-electron chi connectivity index (χ4n) is 2.15. The van der Waals surface area contributed by atoms with Crippen LogP contribution < -0.4 is 15.4 Å². The molecule has 25 heavy (non-hydrogen) atoms. The SMILES string of the molecule is COc1cccc(NC(=O)c2ccnc(NCc3cccnc3)n2)c1. The maximum absolute atomic E-state index is 12.4. The number of hydrogen-bond donors (Lipinski definition) is 2. The third-order valence-corrected chi connectivity index (χ3v) is 3.39. The molecular formula is C18H17N5O2. The van der Waals surface area contributed by atoms with E-state index in [1.165, 1.54) is 0 Å². The lowest BCUT2D eigenvalue weighted by Crippen LogP contribution is -2.15. The van der Waals surface area contributed by atoms with E-state index in [2.05, 4.69) is 25.6 Å². The molecule has 0 aliphatic rings. The maximum atomic E-state index is 12.4. The molecule has 1 aromatic carbocycles. The van der Waals surface area contributed by atoms with Crippen molar-refractivity contribution in [1.29, 1.82) is 0 Å². The number of nitrogens with one attached hydrogen (secondary N) is 2. The number of carbonyl (C=O) groups excluding carboxylic acids is 1. The van der Waals surface area contributed by atoms with E-state index in [4.69, 9.17) is 4.74 Å². The molecule has 0 spiro atoms. The van der Waals surface area contributed by atoms with Crippen LogP contribution in [0.2, 0.25) is 0 Å². The lowest BCUT2D eigenvalue weighted by atomic mass is 10.3. The smallest absolute Gasteiger partial charge is 0.274 e. The lowest BCUT2D eigenvalue weighted by Gasteiger charge is -2.08. The summed E-state index contributed by atoms with van der Waals surface area (Å²) in [6, 6.07) is 12.5. The fourth-order valence-corrected chi connectivity index (χ4v) is 2.15. The second-order valence-electron chi connectivity index (χ2n) is 5.17. The summed E-state index contributed by atoms with van der Waals surface area (Å²) in [5.41, 5.74) is 1.90. The highest BCUT2D eigenvalue weighted by Crippen LogP contribution is 2.17. The van der Waals surface area contributed by atoms with Crippen molar-refractivity contribution in [3.8, 4) is 5.75 Å². The van der Waals surface area contributed by atoms with Gasteiger partial charge in [0.05, 0.1) is 7.11 Å². The van der Waals surface area contributed by atoms with Gasteiger partial charge in [0.2, 0.25) is 5.95 Å². The first-order chi connectivity index (χ1) is 12.2.